The van der Waals surface area contributed by atoms with Gasteiger partial charge in [0.15, 0.2) is 5.96 Å². The van der Waals surface area contributed by atoms with E-state index in [2.05, 4.69) is 26.2 Å². The maximum atomic E-state index is 11.6. The Balaban J connectivity index is 1.41. The van der Waals surface area contributed by atoms with Gasteiger partial charge in [0.25, 0.3) is 0 Å². The lowest BCUT2D eigenvalue weighted by molar-refractivity contribution is 0.171. The van der Waals surface area contributed by atoms with Crippen molar-refractivity contribution in [1.29, 1.82) is 0 Å². The Bertz CT molecular complexity index is 801. The molecule has 0 bridgehead atoms. The van der Waals surface area contributed by atoms with Crippen LogP contribution in [0.5, 0.6) is 0 Å². The number of guanidine groups is 1. The average molecular weight is 442 g/mol. The molecule has 0 radical (unpaired) electrons. The smallest absolute Gasteiger partial charge is 0.211 e. The molecule has 0 spiro atoms. The second kappa shape index (κ2) is 10.1. The molecule has 0 aliphatic carbocycles. The molecule has 0 atom stereocenters. The minimum absolute atomic E-state index is 0.480. The first-order valence-corrected chi connectivity index (χ1v) is 12.5. The zero-order valence-corrected chi connectivity index (χ0v) is 18.9. The number of nitrogens with one attached hydrogen (secondary N) is 1. The summed E-state index contributed by atoms with van der Waals surface area (Å²) >= 11 is 6.09. The summed E-state index contributed by atoms with van der Waals surface area (Å²) in [6, 6.07) is 8.06. The number of hydrogen-bond acceptors (Lipinski definition) is 4. The van der Waals surface area contributed by atoms with E-state index in [0.717, 1.165) is 63.1 Å². The van der Waals surface area contributed by atoms with E-state index >= 15 is 0 Å². The lowest BCUT2D eigenvalue weighted by Crippen LogP contribution is -2.53. The number of benzene rings is 1. The predicted molar refractivity (Wildman–Crippen MR) is 119 cm³/mol. The van der Waals surface area contributed by atoms with Crippen molar-refractivity contribution in [1.82, 2.24) is 19.4 Å². The molecule has 2 saturated heterocycles. The van der Waals surface area contributed by atoms with Gasteiger partial charge in [0, 0.05) is 64.4 Å². The highest BCUT2D eigenvalue weighted by Crippen LogP contribution is 2.19. The first-order chi connectivity index (χ1) is 13.8. The van der Waals surface area contributed by atoms with Gasteiger partial charge >= 0.3 is 0 Å². The van der Waals surface area contributed by atoms with Crippen molar-refractivity contribution in [3.8, 4) is 0 Å². The van der Waals surface area contributed by atoms with Gasteiger partial charge in [-0.1, -0.05) is 23.7 Å². The van der Waals surface area contributed by atoms with E-state index in [0.29, 0.717) is 19.0 Å². The number of piperazine rings is 1. The van der Waals surface area contributed by atoms with Crippen LogP contribution in [-0.4, -0.2) is 87.6 Å². The highest BCUT2D eigenvalue weighted by atomic mass is 35.5. The molecule has 2 aliphatic rings. The van der Waals surface area contributed by atoms with Crippen molar-refractivity contribution < 1.29 is 8.42 Å². The third-order valence-electron chi connectivity index (χ3n) is 5.77. The van der Waals surface area contributed by atoms with E-state index in [4.69, 9.17) is 11.6 Å². The van der Waals surface area contributed by atoms with Gasteiger partial charge in [-0.2, -0.15) is 0 Å². The van der Waals surface area contributed by atoms with Crippen molar-refractivity contribution in [2.24, 2.45) is 10.9 Å². The van der Waals surface area contributed by atoms with Crippen molar-refractivity contribution in [2.45, 2.75) is 19.4 Å². The molecule has 0 unspecified atom stereocenters. The molecule has 2 aliphatic heterocycles. The van der Waals surface area contributed by atoms with E-state index in [-0.39, 0.29) is 0 Å². The number of nitrogens with zero attached hydrogens (tertiary/aromatic N) is 4. The molecule has 29 heavy (non-hydrogen) atoms. The molecule has 162 valence electrons. The summed E-state index contributed by atoms with van der Waals surface area (Å²) in [5.41, 5.74) is 1.24. The summed E-state index contributed by atoms with van der Waals surface area (Å²) in [5, 5.41) is 4.29. The molecule has 2 heterocycles. The average Bonchev–Trinajstić information content (AvgIpc) is 2.69. The Kier molecular flexibility index (Phi) is 7.79. The highest BCUT2D eigenvalue weighted by molar-refractivity contribution is 7.88. The fraction of sp³-hybridized carbons (Fsp3) is 0.650. The summed E-state index contributed by atoms with van der Waals surface area (Å²) in [6.07, 6.45) is 3.08. The lowest BCUT2D eigenvalue weighted by Gasteiger charge is -2.37. The molecular formula is C20H32ClN5O2S. The van der Waals surface area contributed by atoms with Gasteiger partial charge in [-0.15, -0.1) is 0 Å². The fourth-order valence-corrected chi connectivity index (χ4v) is 5.11. The van der Waals surface area contributed by atoms with Gasteiger partial charge < -0.3 is 10.2 Å². The van der Waals surface area contributed by atoms with Crippen molar-refractivity contribution >= 4 is 27.6 Å². The molecule has 0 saturated carbocycles. The van der Waals surface area contributed by atoms with Gasteiger partial charge in [-0.05, 0) is 36.5 Å². The Hall–Kier alpha value is -1.35. The molecule has 9 heteroatoms. The van der Waals surface area contributed by atoms with Crippen molar-refractivity contribution in [3.05, 3.63) is 34.9 Å². The van der Waals surface area contributed by atoms with Crippen molar-refractivity contribution in [2.75, 3.05) is 59.1 Å². The second-order valence-electron chi connectivity index (χ2n) is 7.93. The van der Waals surface area contributed by atoms with Gasteiger partial charge in [0.2, 0.25) is 10.0 Å². The van der Waals surface area contributed by atoms with Crippen LogP contribution in [0, 0.1) is 5.92 Å². The third kappa shape index (κ3) is 6.57. The van der Waals surface area contributed by atoms with E-state index in [9.17, 15) is 8.42 Å². The lowest BCUT2D eigenvalue weighted by atomic mass is 9.98. The molecule has 1 aromatic carbocycles. The fourth-order valence-electron chi connectivity index (χ4n) is 4.02. The molecule has 0 amide bonds. The molecule has 1 aromatic rings. The molecule has 7 nitrogen and oxygen atoms in total. The quantitative estimate of drug-likeness (QED) is 0.556. The third-order valence-corrected chi connectivity index (χ3v) is 7.31. The van der Waals surface area contributed by atoms with Crippen LogP contribution in [0.1, 0.15) is 18.4 Å². The minimum atomic E-state index is -3.06. The number of halogens is 1. The number of hydrogen-bond donors (Lipinski definition) is 1. The zero-order chi connectivity index (χ0) is 20.9. The maximum Gasteiger partial charge on any atom is 0.211 e. The van der Waals surface area contributed by atoms with Gasteiger partial charge in [0.05, 0.1) is 6.26 Å². The van der Waals surface area contributed by atoms with Crippen LogP contribution in [0.15, 0.2) is 29.3 Å². The number of piperidine rings is 1. The first-order valence-electron chi connectivity index (χ1n) is 10.2. The Labute approximate surface area is 179 Å². The van der Waals surface area contributed by atoms with Gasteiger partial charge in [0.1, 0.15) is 0 Å². The van der Waals surface area contributed by atoms with Crippen LogP contribution < -0.4 is 5.32 Å². The molecular weight excluding hydrogens is 410 g/mol. The molecule has 1 N–H and O–H groups in total. The first kappa shape index (κ1) is 22.3. The zero-order valence-electron chi connectivity index (χ0n) is 17.3. The predicted octanol–water partition coefficient (Wildman–Crippen LogP) is 1.70. The van der Waals surface area contributed by atoms with Crippen molar-refractivity contribution in [3.63, 3.8) is 0 Å². The summed E-state index contributed by atoms with van der Waals surface area (Å²) < 4.78 is 24.9. The summed E-state index contributed by atoms with van der Waals surface area (Å²) in [4.78, 5) is 9.21. The van der Waals surface area contributed by atoms with E-state index in [1.54, 1.807) is 4.31 Å². The topological polar surface area (TPSA) is 68.2 Å². The van der Waals surface area contributed by atoms with Crippen LogP contribution in [0.2, 0.25) is 5.02 Å². The number of aliphatic imine (C=N–C) groups is 1. The normalized spacial score (nSPS) is 20.8. The molecule has 2 fully saturated rings. The SMILES string of the molecule is CN=C(NCC1CCN(S(C)(=O)=O)CC1)N1CCN(Cc2cccc(Cl)c2)CC1. The second-order valence-corrected chi connectivity index (χ2v) is 10.3. The summed E-state index contributed by atoms with van der Waals surface area (Å²) in [5.74, 6) is 1.42. The molecule has 3 rings (SSSR count). The standard InChI is InChI=1S/C20H32ClN5O2S/c1-22-20(23-15-17-6-8-26(9-7-17)29(2,27)28)25-12-10-24(11-13-25)16-18-4-3-5-19(21)14-18/h3-5,14,17H,6-13,15-16H2,1-2H3,(H,22,23). The monoisotopic (exact) mass is 441 g/mol. The Morgan fingerprint density at radius 3 is 2.45 bits per heavy atom. The van der Waals surface area contributed by atoms with Crippen LogP contribution in [0.3, 0.4) is 0 Å². The van der Waals surface area contributed by atoms with Crippen LogP contribution in [-0.2, 0) is 16.6 Å². The van der Waals surface area contributed by atoms with Gasteiger partial charge in [-0.25, -0.2) is 12.7 Å². The summed E-state index contributed by atoms with van der Waals surface area (Å²) in [7, 11) is -1.24. The van der Waals surface area contributed by atoms with E-state index < -0.39 is 10.0 Å². The minimum Gasteiger partial charge on any atom is -0.356 e. The van der Waals surface area contributed by atoms with E-state index in [1.807, 2.05) is 25.2 Å². The summed E-state index contributed by atoms with van der Waals surface area (Å²) in [6.45, 7) is 6.84. The van der Waals surface area contributed by atoms with E-state index in [1.165, 1.54) is 11.8 Å². The largest absolute Gasteiger partial charge is 0.356 e. The molecule has 0 aromatic heterocycles. The van der Waals surface area contributed by atoms with Crippen LogP contribution >= 0.6 is 11.6 Å². The van der Waals surface area contributed by atoms with Crippen LogP contribution in [0.4, 0.5) is 0 Å². The Morgan fingerprint density at radius 1 is 1.17 bits per heavy atom. The Morgan fingerprint density at radius 2 is 1.86 bits per heavy atom. The van der Waals surface area contributed by atoms with Crippen LogP contribution in [0.25, 0.3) is 0 Å². The number of rotatable bonds is 5. The maximum absolute atomic E-state index is 11.6. The van der Waals surface area contributed by atoms with Gasteiger partial charge in [-0.3, -0.25) is 9.89 Å². The number of sulfonamides is 1. The highest BCUT2D eigenvalue weighted by Gasteiger charge is 2.26.